The summed E-state index contributed by atoms with van der Waals surface area (Å²) in [7, 11) is 0. The predicted octanol–water partition coefficient (Wildman–Crippen LogP) is 3.27. The Balaban J connectivity index is 1.42. The maximum atomic E-state index is 5.77. The summed E-state index contributed by atoms with van der Waals surface area (Å²) in [5.74, 6) is -0.261. The van der Waals surface area contributed by atoms with E-state index in [1.54, 1.807) is 0 Å². The largest absolute Gasteiger partial charge is 0.382 e. The van der Waals surface area contributed by atoms with Crippen LogP contribution in [0.3, 0.4) is 0 Å². The molecule has 0 bridgehead atoms. The molecule has 2 aliphatic rings. The Morgan fingerprint density at radius 1 is 1.10 bits per heavy atom. The number of fused-ring (bicyclic) bond motifs is 1. The number of ether oxygens (including phenoxy) is 2. The van der Waals surface area contributed by atoms with Crippen molar-refractivity contribution in [2.24, 2.45) is 0 Å². The minimum absolute atomic E-state index is 0.261. The van der Waals surface area contributed by atoms with Gasteiger partial charge in [0, 0.05) is 41.7 Å². The molecule has 0 unspecified atom stereocenters. The van der Waals surface area contributed by atoms with Gasteiger partial charge in [0.05, 0.1) is 13.2 Å². The normalized spacial score (nSPS) is 22.6. The molecule has 106 valence electrons. The van der Waals surface area contributed by atoms with Gasteiger partial charge in [-0.2, -0.15) is 0 Å². The number of aromatic amines is 1. The molecule has 1 aromatic carbocycles. The smallest absolute Gasteiger partial charge is 0.168 e. The van der Waals surface area contributed by atoms with Crippen molar-refractivity contribution in [3.63, 3.8) is 0 Å². The molecule has 20 heavy (non-hydrogen) atoms. The highest BCUT2D eigenvalue weighted by Gasteiger charge is 2.40. The van der Waals surface area contributed by atoms with Gasteiger partial charge < -0.3 is 19.8 Å². The first-order valence-electron chi connectivity index (χ1n) is 7.45. The van der Waals surface area contributed by atoms with Gasteiger partial charge in [-0.1, -0.05) is 0 Å². The molecule has 2 N–H and O–H groups in total. The molecule has 0 atom stereocenters. The zero-order valence-electron chi connectivity index (χ0n) is 11.5. The van der Waals surface area contributed by atoms with E-state index >= 15 is 0 Å². The lowest BCUT2D eigenvalue weighted by atomic mass is 9.90. The van der Waals surface area contributed by atoms with Crippen molar-refractivity contribution in [3.8, 4) is 0 Å². The molecular formula is C16H20N2O2. The van der Waals surface area contributed by atoms with Crippen LogP contribution >= 0.6 is 0 Å². The molecule has 1 aliphatic carbocycles. The summed E-state index contributed by atoms with van der Waals surface area (Å²) >= 11 is 0. The summed E-state index contributed by atoms with van der Waals surface area (Å²) in [4.78, 5) is 3.22. The van der Waals surface area contributed by atoms with Gasteiger partial charge >= 0.3 is 0 Å². The first-order valence-corrected chi connectivity index (χ1v) is 7.45. The Morgan fingerprint density at radius 3 is 2.70 bits per heavy atom. The van der Waals surface area contributed by atoms with Crippen molar-refractivity contribution in [2.45, 2.75) is 37.5 Å². The second-order valence-corrected chi connectivity index (χ2v) is 5.81. The van der Waals surface area contributed by atoms with Gasteiger partial charge in [-0.05, 0) is 37.1 Å². The molecule has 4 rings (SSSR count). The quantitative estimate of drug-likeness (QED) is 0.882. The molecule has 2 fully saturated rings. The van der Waals surface area contributed by atoms with Crippen LogP contribution in [0.1, 0.15) is 25.7 Å². The number of hydrogen-bond acceptors (Lipinski definition) is 3. The average molecular weight is 272 g/mol. The average Bonchev–Trinajstić information content (AvgIpc) is 3.11. The van der Waals surface area contributed by atoms with Gasteiger partial charge in [0.1, 0.15) is 0 Å². The molecule has 1 saturated carbocycles. The Kier molecular flexibility index (Phi) is 2.93. The third kappa shape index (κ3) is 2.19. The van der Waals surface area contributed by atoms with Crippen LogP contribution in [0.25, 0.3) is 10.9 Å². The fraction of sp³-hybridized carbons (Fsp3) is 0.500. The van der Waals surface area contributed by atoms with Crippen molar-refractivity contribution in [1.29, 1.82) is 0 Å². The predicted molar refractivity (Wildman–Crippen MR) is 78.8 cm³/mol. The van der Waals surface area contributed by atoms with E-state index in [0.717, 1.165) is 38.9 Å². The van der Waals surface area contributed by atoms with Crippen LogP contribution in [0.4, 0.5) is 5.69 Å². The van der Waals surface area contributed by atoms with Gasteiger partial charge in [-0.25, -0.2) is 0 Å². The van der Waals surface area contributed by atoms with Crippen LogP contribution in [0.5, 0.6) is 0 Å². The second-order valence-electron chi connectivity index (χ2n) is 5.81. The number of anilines is 1. The number of aromatic nitrogens is 1. The zero-order chi connectivity index (χ0) is 13.4. The molecule has 2 heterocycles. The molecule has 1 spiro atoms. The molecule has 1 aromatic heterocycles. The fourth-order valence-electron chi connectivity index (χ4n) is 3.37. The van der Waals surface area contributed by atoms with Gasteiger partial charge in [0.2, 0.25) is 0 Å². The Morgan fingerprint density at radius 2 is 1.90 bits per heavy atom. The minimum Gasteiger partial charge on any atom is -0.382 e. The van der Waals surface area contributed by atoms with E-state index in [-0.39, 0.29) is 5.79 Å². The first kappa shape index (κ1) is 12.2. The van der Waals surface area contributed by atoms with Crippen LogP contribution in [0, 0.1) is 0 Å². The summed E-state index contributed by atoms with van der Waals surface area (Å²) in [6.45, 7) is 1.50. The van der Waals surface area contributed by atoms with Gasteiger partial charge in [0.25, 0.3) is 0 Å². The number of rotatable bonds is 2. The van der Waals surface area contributed by atoms with Crippen LogP contribution < -0.4 is 5.32 Å². The van der Waals surface area contributed by atoms with Crippen molar-refractivity contribution < 1.29 is 9.47 Å². The Labute approximate surface area is 118 Å². The third-order valence-corrected chi connectivity index (χ3v) is 4.49. The van der Waals surface area contributed by atoms with E-state index in [1.165, 1.54) is 16.6 Å². The van der Waals surface area contributed by atoms with E-state index in [1.807, 2.05) is 6.20 Å². The molecule has 2 aromatic rings. The van der Waals surface area contributed by atoms with Crippen molar-refractivity contribution >= 4 is 16.6 Å². The summed E-state index contributed by atoms with van der Waals surface area (Å²) in [5.41, 5.74) is 2.39. The lowest BCUT2D eigenvalue weighted by molar-refractivity contribution is -0.177. The van der Waals surface area contributed by atoms with E-state index in [4.69, 9.17) is 9.47 Å². The third-order valence-electron chi connectivity index (χ3n) is 4.49. The van der Waals surface area contributed by atoms with E-state index in [9.17, 15) is 0 Å². The molecule has 1 aliphatic heterocycles. The molecule has 0 amide bonds. The highest BCUT2D eigenvalue weighted by atomic mass is 16.7. The van der Waals surface area contributed by atoms with Crippen LogP contribution in [-0.4, -0.2) is 30.0 Å². The van der Waals surface area contributed by atoms with E-state index in [2.05, 4.69) is 34.6 Å². The summed E-state index contributed by atoms with van der Waals surface area (Å²) < 4.78 is 11.5. The Bertz CT molecular complexity index is 591. The standard InChI is InChI=1S/C16H20N2O2/c1-2-15-12(5-8-17-15)11-14(1)18-13-3-6-16(7-4-13)19-9-10-20-16/h1-2,5,8,11,13,17-18H,3-4,6-7,9-10H2. The molecule has 4 nitrogen and oxygen atoms in total. The van der Waals surface area contributed by atoms with E-state index in [0.29, 0.717) is 6.04 Å². The van der Waals surface area contributed by atoms with Gasteiger partial charge in [0.15, 0.2) is 5.79 Å². The van der Waals surface area contributed by atoms with Crippen LogP contribution in [-0.2, 0) is 9.47 Å². The SMILES string of the molecule is c1cc2cc(NC3CCC4(CC3)OCCO4)ccc2[nH]1. The van der Waals surface area contributed by atoms with Crippen molar-refractivity contribution in [1.82, 2.24) is 4.98 Å². The zero-order valence-corrected chi connectivity index (χ0v) is 11.5. The summed E-state index contributed by atoms with van der Waals surface area (Å²) in [6.07, 6.45) is 6.18. The highest BCUT2D eigenvalue weighted by molar-refractivity contribution is 5.83. The summed E-state index contributed by atoms with van der Waals surface area (Å²) in [6, 6.07) is 9.11. The highest BCUT2D eigenvalue weighted by Crippen LogP contribution is 2.36. The van der Waals surface area contributed by atoms with Crippen LogP contribution in [0.2, 0.25) is 0 Å². The number of benzene rings is 1. The second kappa shape index (κ2) is 4.79. The van der Waals surface area contributed by atoms with Crippen molar-refractivity contribution in [2.75, 3.05) is 18.5 Å². The maximum Gasteiger partial charge on any atom is 0.168 e. The number of nitrogens with one attached hydrogen (secondary N) is 2. The maximum absolute atomic E-state index is 5.77. The monoisotopic (exact) mass is 272 g/mol. The molecular weight excluding hydrogens is 252 g/mol. The topological polar surface area (TPSA) is 46.3 Å². The van der Waals surface area contributed by atoms with Crippen LogP contribution in [0.15, 0.2) is 30.5 Å². The van der Waals surface area contributed by atoms with E-state index < -0.39 is 0 Å². The summed E-state index contributed by atoms with van der Waals surface area (Å²) in [5, 5.41) is 4.90. The first-order chi connectivity index (χ1) is 9.83. The van der Waals surface area contributed by atoms with Gasteiger partial charge in [-0.15, -0.1) is 0 Å². The lowest BCUT2D eigenvalue weighted by Gasteiger charge is -2.36. The lowest BCUT2D eigenvalue weighted by Crippen LogP contribution is -2.39. The van der Waals surface area contributed by atoms with Gasteiger partial charge in [-0.3, -0.25) is 0 Å². The Hall–Kier alpha value is -1.52. The van der Waals surface area contributed by atoms with Crippen molar-refractivity contribution in [3.05, 3.63) is 30.5 Å². The number of hydrogen-bond donors (Lipinski definition) is 2. The molecule has 0 radical (unpaired) electrons. The number of H-pyrrole nitrogens is 1. The minimum atomic E-state index is -0.261. The molecule has 1 saturated heterocycles. The molecule has 4 heteroatoms. The fourth-order valence-corrected chi connectivity index (χ4v) is 3.37.